The average Bonchev–Trinajstić information content (AvgIpc) is 2.57. The number of nitrogens with zero attached hydrogens (tertiary/aromatic N) is 2. The van der Waals surface area contributed by atoms with Crippen molar-refractivity contribution in [3.8, 4) is 0 Å². The Balaban J connectivity index is 0.000000254. The van der Waals surface area contributed by atoms with Crippen molar-refractivity contribution in [3.05, 3.63) is 53.8 Å². The lowest BCUT2D eigenvalue weighted by molar-refractivity contribution is -0.114. The van der Waals surface area contributed by atoms with E-state index in [1.54, 1.807) is 18.8 Å². The third-order valence-electron chi connectivity index (χ3n) is 3.69. The van der Waals surface area contributed by atoms with Crippen LogP contribution in [0.4, 0.5) is 14.5 Å². The molecule has 5 nitrogen and oxygen atoms in total. The number of rotatable bonds is 2. The van der Waals surface area contributed by atoms with E-state index in [0.29, 0.717) is 17.4 Å². The molecule has 0 saturated heterocycles. The predicted octanol–water partition coefficient (Wildman–Crippen LogP) is 3.27. The van der Waals surface area contributed by atoms with Gasteiger partial charge in [0.15, 0.2) is 5.17 Å². The number of nitrogens with one attached hydrogen (secondary N) is 1. The Labute approximate surface area is 156 Å². The second kappa shape index (κ2) is 9.38. The number of amides is 1. The van der Waals surface area contributed by atoms with E-state index in [4.69, 9.17) is 5.73 Å². The van der Waals surface area contributed by atoms with Crippen molar-refractivity contribution in [2.75, 3.05) is 24.7 Å². The standard InChI is InChI=1S/C13H12F2N2O.C5H10N2S/c1-17-8-10(15)4-7-12(17)13(18)16-11-5-2-9(14)3-6-11;1-4-2-3-8-5(6)7-4/h2-7H,8H2,1H3,(H,16,18);4H,2-3H2,1H3,(H2,6,7). The molecule has 140 valence electrons. The zero-order chi connectivity index (χ0) is 19.1. The lowest BCUT2D eigenvalue weighted by Gasteiger charge is -2.23. The minimum absolute atomic E-state index is 0.0721. The molecule has 0 saturated carbocycles. The summed E-state index contributed by atoms with van der Waals surface area (Å²) in [6.45, 7) is 2.16. The molecule has 0 bridgehead atoms. The Morgan fingerprint density at radius 3 is 2.54 bits per heavy atom. The van der Waals surface area contributed by atoms with E-state index in [1.165, 1.54) is 47.7 Å². The van der Waals surface area contributed by atoms with Gasteiger partial charge in [-0.3, -0.25) is 9.79 Å². The topological polar surface area (TPSA) is 70.7 Å². The summed E-state index contributed by atoms with van der Waals surface area (Å²) in [5.41, 5.74) is 6.29. The van der Waals surface area contributed by atoms with E-state index in [2.05, 4.69) is 17.2 Å². The second-order valence-electron chi connectivity index (χ2n) is 5.94. The molecule has 1 aromatic rings. The number of likely N-dealkylation sites (N-methyl/N-ethyl adjacent to an activating group) is 1. The maximum atomic E-state index is 12.9. The molecule has 26 heavy (non-hydrogen) atoms. The van der Waals surface area contributed by atoms with E-state index in [1.807, 2.05) is 0 Å². The largest absolute Gasteiger partial charge is 0.379 e. The summed E-state index contributed by atoms with van der Waals surface area (Å²) in [7, 11) is 1.63. The number of aliphatic imine (C=N–C) groups is 1. The first-order chi connectivity index (χ1) is 12.3. The molecule has 0 radical (unpaired) electrons. The Morgan fingerprint density at radius 2 is 2.00 bits per heavy atom. The van der Waals surface area contributed by atoms with E-state index in [0.717, 1.165) is 10.9 Å². The van der Waals surface area contributed by atoms with Gasteiger partial charge >= 0.3 is 0 Å². The summed E-state index contributed by atoms with van der Waals surface area (Å²) in [6.07, 6.45) is 3.85. The fourth-order valence-electron chi connectivity index (χ4n) is 2.29. The summed E-state index contributed by atoms with van der Waals surface area (Å²) < 4.78 is 25.6. The first-order valence-corrected chi connectivity index (χ1v) is 9.14. The van der Waals surface area contributed by atoms with Crippen LogP contribution in [-0.2, 0) is 4.79 Å². The molecule has 1 aromatic carbocycles. The number of nitrogens with two attached hydrogens (primary N) is 1. The highest BCUT2D eigenvalue weighted by Crippen LogP contribution is 2.16. The van der Waals surface area contributed by atoms with E-state index >= 15 is 0 Å². The van der Waals surface area contributed by atoms with E-state index < -0.39 is 0 Å². The molecule has 2 aliphatic heterocycles. The van der Waals surface area contributed by atoms with Gasteiger partial charge in [0.05, 0.1) is 12.6 Å². The van der Waals surface area contributed by atoms with Gasteiger partial charge in [-0.2, -0.15) is 0 Å². The van der Waals surface area contributed by atoms with Crippen LogP contribution in [0.2, 0.25) is 0 Å². The Bertz CT molecular complexity index is 731. The molecular formula is C18H22F2N4OS. The van der Waals surface area contributed by atoms with Crippen LogP contribution in [0.25, 0.3) is 0 Å². The molecule has 0 aromatic heterocycles. The van der Waals surface area contributed by atoms with Gasteiger partial charge < -0.3 is 16.0 Å². The fraction of sp³-hybridized carbons (Fsp3) is 0.333. The van der Waals surface area contributed by atoms with Crippen LogP contribution in [0.5, 0.6) is 0 Å². The van der Waals surface area contributed by atoms with Crippen LogP contribution in [0.15, 0.2) is 52.9 Å². The van der Waals surface area contributed by atoms with Gasteiger partial charge in [0, 0.05) is 18.5 Å². The first-order valence-electron chi connectivity index (χ1n) is 8.15. The van der Waals surface area contributed by atoms with Gasteiger partial charge in [-0.1, -0.05) is 11.8 Å². The fourth-order valence-corrected chi connectivity index (χ4v) is 3.21. The zero-order valence-electron chi connectivity index (χ0n) is 14.7. The molecule has 8 heteroatoms. The van der Waals surface area contributed by atoms with Gasteiger partial charge in [-0.15, -0.1) is 0 Å². The molecule has 1 amide bonds. The number of carbonyl (C=O) groups is 1. The number of allylic oxidation sites excluding steroid dienone is 2. The number of hydrogen-bond acceptors (Lipinski definition) is 5. The minimum Gasteiger partial charge on any atom is -0.379 e. The molecule has 3 rings (SSSR count). The molecule has 1 atom stereocenters. The summed E-state index contributed by atoms with van der Waals surface area (Å²) >= 11 is 1.65. The number of anilines is 1. The summed E-state index contributed by atoms with van der Waals surface area (Å²) in [5.74, 6) is 0.118. The SMILES string of the molecule is CC1CCSC(N)=N1.CN1CC(F)=CC=C1C(=O)Nc1ccc(F)cc1. The lowest BCUT2D eigenvalue weighted by atomic mass is 10.2. The van der Waals surface area contributed by atoms with Crippen LogP contribution in [0, 0.1) is 5.82 Å². The second-order valence-corrected chi connectivity index (χ2v) is 7.05. The highest BCUT2D eigenvalue weighted by atomic mass is 32.2. The predicted molar refractivity (Wildman–Crippen MR) is 103 cm³/mol. The van der Waals surface area contributed by atoms with Gasteiger partial charge in [-0.05, 0) is 49.8 Å². The highest BCUT2D eigenvalue weighted by molar-refractivity contribution is 8.13. The van der Waals surface area contributed by atoms with Crippen molar-refractivity contribution in [2.45, 2.75) is 19.4 Å². The van der Waals surface area contributed by atoms with Crippen molar-refractivity contribution in [3.63, 3.8) is 0 Å². The average molecular weight is 380 g/mol. The molecule has 3 N–H and O–H groups in total. The normalized spacial score (nSPS) is 19.5. The monoisotopic (exact) mass is 380 g/mol. The Kier molecular flexibility index (Phi) is 7.20. The number of hydrogen-bond donors (Lipinski definition) is 2. The van der Waals surface area contributed by atoms with E-state index in [9.17, 15) is 13.6 Å². The maximum Gasteiger partial charge on any atom is 0.271 e. The number of halogens is 2. The number of carbonyl (C=O) groups excluding carboxylic acids is 1. The molecule has 2 aliphatic rings. The molecule has 1 unspecified atom stereocenters. The number of amidine groups is 1. The third-order valence-corrected chi connectivity index (χ3v) is 4.53. The molecule has 0 spiro atoms. The number of benzene rings is 1. The summed E-state index contributed by atoms with van der Waals surface area (Å²) in [6, 6.07) is 5.90. The molecule has 0 fully saturated rings. The lowest BCUT2D eigenvalue weighted by Crippen LogP contribution is -2.30. The van der Waals surface area contributed by atoms with Crippen LogP contribution < -0.4 is 11.1 Å². The van der Waals surface area contributed by atoms with Gasteiger partial charge in [-0.25, -0.2) is 8.78 Å². The van der Waals surface area contributed by atoms with Crippen LogP contribution in [-0.4, -0.2) is 41.4 Å². The quantitative estimate of drug-likeness (QED) is 0.826. The van der Waals surface area contributed by atoms with Crippen molar-refractivity contribution in [2.24, 2.45) is 10.7 Å². The van der Waals surface area contributed by atoms with Gasteiger partial charge in [0.2, 0.25) is 0 Å². The van der Waals surface area contributed by atoms with Gasteiger partial charge in [0.25, 0.3) is 5.91 Å². The summed E-state index contributed by atoms with van der Waals surface area (Å²) in [5, 5.41) is 3.37. The molecule has 2 heterocycles. The minimum atomic E-state index is -0.369. The number of thioether (sulfide) groups is 1. The molecular weight excluding hydrogens is 358 g/mol. The Hall–Kier alpha value is -2.35. The molecule has 0 aliphatic carbocycles. The van der Waals surface area contributed by atoms with E-state index in [-0.39, 0.29) is 24.1 Å². The van der Waals surface area contributed by atoms with Crippen molar-refractivity contribution in [1.29, 1.82) is 0 Å². The van der Waals surface area contributed by atoms with Crippen molar-refractivity contribution >= 4 is 28.5 Å². The summed E-state index contributed by atoms with van der Waals surface area (Å²) in [4.78, 5) is 17.6. The Morgan fingerprint density at radius 1 is 1.31 bits per heavy atom. The smallest absolute Gasteiger partial charge is 0.271 e. The van der Waals surface area contributed by atoms with Crippen LogP contribution >= 0.6 is 11.8 Å². The van der Waals surface area contributed by atoms with Crippen LogP contribution in [0.1, 0.15) is 13.3 Å². The van der Waals surface area contributed by atoms with Gasteiger partial charge in [0.1, 0.15) is 17.3 Å². The van der Waals surface area contributed by atoms with Crippen LogP contribution in [0.3, 0.4) is 0 Å². The third kappa shape index (κ3) is 6.18. The highest BCUT2D eigenvalue weighted by Gasteiger charge is 2.18. The zero-order valence-corrected chi connectivity index (χ0v) is 15.5. The maximum absolute atomic E-state index is 12.9. The van der Waals surface area contributed by atoms with Crippen molar-refractivity contribution < 1.29 is 13.6 Å². The first kappa shape index (κ1) is 20.0. The van der Waals surface area contributed by atoms with Crippen molar-refractivity contribution in [1.82, 2.24) is 4.90 Å².